The van der Waals surface area contributed by atoms with E-state index in [9.17, 15) is 9.90 Å². The van der Waals surface area contributed by atoms with Crippen LogP contribution in [0.4, 0.5) is 0 Å². The number of carboxylic acid groups (broad SMARTS) is 1. The zero-order valence-corrected chi connectivity index (χ0v) is 12.1. The van der Waals surface area contributed by atoms with Gasteiger partial charge in [-0.2, -0.15) is 0 Å². The highest BCUT2D eigenvalue weighted by Crippen LogP contribution is 2.34. The lowest BCUT2D eigenvalue weighted by Gasteiger charge is -2.12. The van der Waals surface area contributed by atoms with E-state index in [1.807, 2.05) is 13.0 Å². The molecule has 0 heterocycles. The van der Waals surface area contributed by atoms with Crippen LogP contribution in [0.2, 0.25) is 5.02 Å². The van der Waals surface area contributed by atoms with Crippen molar-refractivity contribution in [2.45, 2.75) is 13.8 Å². The minimum atomic E-state index is -0.956. The molecule has 0 saturated carbocycles. The van der Waals surface area contributed by atoms with Crippen LogP contribution in [0.25, 0.3) is 11.1 Å². The lowest BCUT2D eigenvalue weighted by molar-refractivity contribution is 0.0697. The van der Waals surface area contributed by atoms with Crippen molar-refractivity contribution < 1.29 is 14.6 Å². The smallest absolute Gasteiger partial charge is 0.336 e. The molecule has 0 unspecified atom stereocenters. The van der Waals surface area contributed by atoms with E-state index in [0.29, 0.717) is 34.1 Å². The minimum absolute atomic E-state index is 0.276. The molecule has 0 bridgehead atoms. The number of halogens is 1. The summed E-state index contributed by atoms with van der Waals surface area (Å²) in [5.74, 6) is -0.283. The van der Waals surface area contributed by atoms with Crippen molar-refractivity contribution in [1.82, 2.24) is 0 Å². The zero-order chi connectivity index (χ0) is 14.7. The zero-order valence-electron chi connectivity index (χ0n) is 11.3. The van der Waals surface area contributed by atoms with Crippen LogP contribution in [0.15, 0.2) is 36.4 Å². The fourth-order valence-corrected chi connectivity index (χ4v) is 2.42. The highest BCUT2D eigenvalue weighted by molar-refractivity contribution is 6.33. The van der Waals surface area contributed by atoms with Crippen LogP contribution in [0, 0.1) is 6.92 Å². The third kappa shape index (κ3) is 2.78. The van der Waals surface area contributed by atoms with Crippen molar-refractivity contribution in [3.05, 3.63) is 52.5 Å². The van der Waals surface area contributed by atoms with Crippen LogP contribution >= 0.6 is 11.6 Å². The number of carbonyl (C=O) groups is 1. The molecule has 0 aliphatic rings. The van der Waals surface area contributed by atoms with Gasteiger partial charge in [-0.25, -0.2) is 4.79 Å². The summed E-state index contributed by atoms with van der Waals surface area (Å²) in [7, 11) is 0. The molecule has 2 aromatic carbocycles. The average molecular weight is 291 g/mol. The van der Waals surface area contributed by atoms with Crippen LogP contribution in [-0.4, -0.2) is 17.7 Å². The fraction of sp³-hybridized carbons (Fsp3) is 0.188. The summed E-state index contributed by atoms with van der Waals surface area (Å²) in [6, 6.07) is 10.6. The first-order valence-corrected chi connectivity index (χ1v) is 6.68. The van der Waals surface area contributed by atoms with Gasteiger partial charge >= 0.3 is 5.97 Å². The molecule has 0 fully saturated rings. The number of aromatic carboxylic acids is 1. The number of ether oxygens (including phenoxy) is 1. The van der Waals surface area contributed by atoms with Gasteiger partial charge in [0.05, 0.1) is 17.2 Å². The molecule has 2 aromatic rings. The largest absolute Gasteiger partial charge is 0.494 e. The van der Waals surface area contributed by atoms with Crippen molar-refractivity contribution in [2.24, 2.45) is 0 Å². The Kier molecular flexibility index (Phi) is 4.30. The molecule has 104 valence electrons. The van der Waals surface area contributed by atoms with Crippen LogP contribution in [0.3, 0.4) is 0 Å². The first-order valence-electron chi connectivity index (χ1n) is 6.30. The van der Waals surface area contributed by atoms with Crippen LogP contribution in [0.1, 0.15) is 22.8 Å². The van der Waals surface area contributed by atoms with Crippen molar-refractivity contribution in [3.63, 3.8) is 0 Å². The van der Waals surface area contributed by atoms with Crippen molar-refractivity contribution in [2.75, 3.05) is 6.61 Å². The summed E-state index contributed by atoms with van der Waals surface area (Å²) in [4.78, 5) is 11.4. The predicted octanol–water partition coefficient (Wildman–Crippen LogP) is 4.41. The Morgan fingerprint density at radius 1 is 1.25 bits per heavy atom. The van der Waals surface area contributed by atoms with Gasteiger partial charge in [0, 0.05) is 5.56 Å². The molecule has 0 aliphatic carbocycles. The normalized spacial score (nSPS) is 10.3. The second kappa shape index (κ2) is 5.97. The molecule has 3 nitrogen and oxygen atoms in total. The molecule has 4 heteroatoms. The quantitative estimate of drug-likeness (QED) is 0.907. The third-order valence-electron chi connectivity index (χ3n) is 3.03. The molecule has 0 aromatic heterocycles. The Hall–Kier alpha value is -2.00. The first-order chi connectivity index (χ1) is 9.54. The molecule has 0 spiro atoms. The van der Waals surface area contributed by atoms with Crippen LogP contribution < -0.4 is 4.74 Å². The van der Waals surface area contributed by atoms with E-state index in [-0.39, 0.29) is 5.56 Å². The lowest BCUT2D eigenvalue weighted by Crippen LogP contribution is -2.03. The van der Waals surface area contributed by atoms with E-state index in [0.717, 1.165) is 0 Å². The van der Waals surface area contributed by atoms with Crippen molar-refractivity contribution in [1.29, 1.82) is 0 Å². The maximum atomic E-state index is 11.4. The van der Waals surface area contributed by atoms with Gasteiger partial charge in [-0.15, -0.1) is 0 Å². The number of benzene rings is 2. The number of hydrogen-bond donors (Lipinski definition) is 1. The maximum Gasteiger partial charge on any atom is 0.336 e. The molecule has 20 heavy (non-hydrogen) atoms. The summed E-state index contributed by atoms with van der Waals surface area (Å²) < 4.78 is 5.38. The Labute approximate surface area is 122 Å². The van der Waals surface area contributed by atoms with Crippen molar-refractivity contribution >= 4 is 17.6 Å². The van der Waals surface area contributed by atoms with E-state index in [1.54, 1.807) is 37.3 Å². The first kappa shape index (κ1) is 14.4. The standard InChI is InChI=1S/C16H15ClO3/c1-3-20-11-7-8-12(14(17)9-11)13-6-4-5-10(2)15(13)16(18)19/h4-9H,3H2,1-2H3,(H,18,19). The Bertz CT molecular complexity index is 650. The minimum Gasteiger partial charge on any atom is -0.494 e. The van der Waals surface area contributed by atoms with Gasteiger partial charge in [0.2, 0.25) is 0 Å². The second-order valence-electron chi connectivity index (χ2n) is 4.38. The molecule has 1 N–H and O–H groups in total. The van der Waals surface area contributed by atoms with Gasteiger partial charge in [-0.1, -0.05) is 29.8 Å². The van der Waals surface area contributed by atoms with Gasteiger partial charge in [0.1, 0.15) is 5.75 Å². The van der Waals surface area contributed by atoms with Gasteiger partial charge in [-0.3, -0.25) is 0 Å². The summed E-state index contributed by atoms with van der Waals surface area (Å²) >= 11 is 6.26. The SMILES string of the molecule is CCOc1ccc(-c2cccc(C)c2C(=O)O)c(Cl)c1. The van der Waals surface area contributed by atoms with E-state index < -0.39 is 5.97 Å². The summed E-state index contributed by atoms with van der Waals surface area (Å²) in [5.41, 5.74) is 2.29. The number of aryl methyl sites for hydroxylation is 1. The van der Waals surface area contributed by atoms with Gasteiger partial charge in [-0.05, 0) is 43.2 Å². The Balaban J connectivity index is 2.57. The highest BCUT2D eigenvalue weighted by atomic mass is 35.5. The van der Waals surface area contributed by atoms with Gasteiger partial charge in [0.15, 0.2) is 0 Å². The number of hydrogen-bond acceptors (Lipinski definition) is 2. The molecule has 0 atom stereocenters. The van der Waals surface area contributed by atoms with E-state index in [2.05, 4.69) is 0 Å². The Morgan fingerprint density at radius 2 is 2.00 bits per heavy atom. The average Bonchev–Trinajstić information content (AvgIpc) is 2.38. The number of rotatable bonds is 4. The maximum absolute atomic E-state index is 11.4. The van der Waals surface area contributed by atoms with Crippen LogP contribution in [0.5, 0.6) is 5.75 Å². The Morgan fingerprint density at radius 3 is 2.60 bits per heavy atom. The topological polar surface area (TPSA) is 46.5 Å². The van der Waals surface area contributed by atoms with Gasteiger partial charge < -0.3 is 9.84 Å². The molecule has 0 saturated heterocycles. The number of carboxylic acids is 1. The van der Waals surface area contributed by atoms with Crippen LogP contribution in [-0.2, 0) is 0 Å². The second-order valence-corrected chi connectivity index (χ2v) is 4.78. The highest BCUT2D eigenvalue weighted by Gasteiger charge is 2.16. The van der Waals surface area contributed by atoms with E-state index in [1.165, 1.54) is 0 Å². The summed E-state index contributed by atoms with van der Waals surface area (Å²) in [6.45, 7) is 4.22. The van der Waals surface area contributed by atoms with E-state index >= 15 is 0 Å². The summed E-state index contributed by atoms with van der Waals surface area (Å²) in [6.07, 6.45) is 0. The summed E-state index contributed by atoms with van der Waals surface area (Å²) in [5, 5.41) is 9.85. The monoisotopic (exact) mass is 290 g/mol. The van der Waals surface area contributed by atoms with Gasteiger partial charge in [0.25, 0.3) is 0 Å². The third-order valence-corrected chi connectivity index (χ3v) is 3.34. The lowest BCUT2D eigenvalue weighted by atomic mass is 9.96. The molecule has 2 rings (SSSR count). The predicted molar refractivity (Wildman–Crippen MR) is 79.8 cm³/mol. The molecule has 0 aliphatic heterocycles. The molecular weight excluding hydrogens is 276 g/mol. The molecule has 0 amide bonds. The molecular formula is C16H15ClO3. The molecule has 0 radical (unpaired) electrons. The fourth-order valence-electron chi connectivity index (χ4n) is 2.15. The van der Waals surface area contributed by atoms with Crippen molar-refractivity contribution in [3.8, 4) is 16.9 Å². The van der Waals surface area contributed by atoms with E-state index in [4.69, 9.17) is 16.3 Å².